The van der Waals surface area contributed by atoms with E-state index in [1.54, 1.807) is 6.08 Å². The summed E-state index contributed by atoms with van der Waals surface area (Å²) in [7, 11) is 0. The number of hydrogen-bond acceptors (Lipinski definition) is 4. The molecular formula is C19H23NO4. The minimum atomic E-state index is -1.34. The first-order valence-electron chi connectivity index (χ1n) is 8.04. The fourth-order valence-corrected chi connectivity index (χ4v) is 2.77. The summed E-state index contributed by atoms with van der Waals surface area (Å²) < 4.78 is 11.5. The lowest BCUT2D eigenvalue weighted by molar-refractivity contribution is -0.165. The van der Waals surface area contributed by atoms with E-state index in [4.69, 9.17) is 9.47 Å². The first kappa shape index (κ1) is 17.9. The zero-order valence-electron chi connectivity index (χ0n) is 14.3. The van der Waals surface area contributed by atoms with Crippen LogP contribution in [0.5, 0.6) is 0 Å². The van der Waals surface area contributed by atoms with Gasteiger partial charge in [0, 0.05) is 18.9 Å². The molecule has 1 aliphatic rings. The highest BCUT2D eigenvalue weighted by Gasteiger charge is 2.54. The first-order chi connectivity index (χ1) is 11.4. The van der Waals surface area contributed by atoms with Crippen LogP contribution >= 0.6 is 0 Å². The number of esters is 1. The molecule has 0 saturated carbocycles. The minimum absolute atomic E-state index is 0.216. The monoisotopic (exact) mass is 329 g/mol. The first-order valence-corrected chi connectivity index (χ1v) is 8.04. The number of amides is 1. The maximum atomic E-state index is 12.7. The van der Waals surface area contributed by atoms with E-state index in [-0.39, 0.29) is 18.2 Å². The van der Waals surface area contributed by atoms with E-state index in [1.807, 2.05) is 44.2 Å². The SMILES string of the molecule is C=CC[C@@]1([C@H](CC(C)C)OC(C)=O)OC(c2ccccc2)=NC1=O. The number of hydrogen-bond donors (Lipinski definition) is 0. The summed E-state index contributed by atoms with van der Waals surface area (Å²) in [4.78, 5) is 28.4. The Morgan fingerprint density at radius 3 is 2.58 bits per heavy atom. The van der Waals surface area contributed by atoms with Crippen molar-refractivity contribution < 1.29 is 19.1 Å². The average molecular weight is 329 g/mol. The second kappa shape index (κ2) is 7.43. The normalized spacial score (nSPS) is 21.2. The van der Waals surface area contributed by atoms with Crippen molar-refractivity contribution in [1.82, 2.24) is 0 Å². The molecule has 0 fully saturated rings. The van der Waals surface area contributed by atoms with Gasteiger partial charge in [-0.05, 0) is 24.5 Å². The van der Waals surface area contributed by atoms with Gasteiger partial charge < -0.3 is 9.47 Å². The molecule has 0 spiro atoms. The maximum absolute atomic E-state index is 12.7. The van der Waals surface area contributed by atoms with Crippen molar-refractivity contribution in [2.75, 3.05) is 0 Å². The van der Waals surface area contributed by atoms with Crippen LogP contribution < -0.4 is 0 Å². The molecule has 0 bridgehead atoms. The molecule has 1 heterocycles. The van der Waals surface area contributed by atoms with E-state index in [0.29, 0.717) is 12.0 Å². The molecule has 5 nitrogen and oxygen atoms in total. The van der Waals surface area contributed by atoms with Crippen molar-refractivity contribution in [2.24, 2.45) is 10.9 Å². The van der Waals surface area contributed by atoms with Crippen LogP contribution in [0.4, 0.5) is 0 Å². The fourth-order valence-electron chi connectivity index (χ4n) is 2.77. The highest BCUT2D eigenvalue weighted by atomic mass is 16.6. The van der Waals surface area contributed by atoms with Crippen molar-refractivity contribution in [2.45, 2.75) is 45.3 Å². The van der Waals surface area contributed by atoms with Crippen LogP contribution in [-0.2, 0) is 19.1 Å². The summed E-state index contributed by atoms with van der Waals surface area (Å²) in [5.74, 6) is -0.418. The average Bonchev–Trinajstić information content (AvgIpc) is 2.85. The van der Waals surface area contributed by atoms with Crippen molar-refractivity contribution in [3.8, 4) is 0 Å². The van der Waals surface area contributed by atoms with Gasteiger partial charge in [-0.25, -0.2) is 0 Å². The lowest BCUT2D eigenvalue weighted by Gasteiger charge is -2.34. The molecule has 1 aromatic rings. The summed E-state index contributed by atoms with van der Waals surface area (Å²) in [6.45, 7) is 9.04. The van der Waals surface area contributed by atoms with Gasteiger partial charge in [-0.15, -0.1) is 6.58 Å². The predicted octanol–water partition coefficient (Wildman–Crippen LogP) is 3.28. The van der Waals surface area contributed by atoms with Gasteiger partial charge in [0.2, 0.25) is 11.5 Å². The molecule has 24 heavy (non-hydrogen) atoms. The largest absolute Gasteiger partial charge is 0.458 e. The van der Waals surface area contributed by atoms with Gasteiger partial charge in [0.15, 0.2) is 6.10 Å². The Kier molecular flexibility index (Phi) is 5.54. The van der Waals surface area contributed by atoms with Crippen LogP contribution in [0.3, 0.4) is 0 Å². The van der Waals surface area contributed by atoms with Gasteiger partial charge in [-0.2, -0.15) is 4.99 Å². The third kappa shape index (κ3) is 3.72. The molecule has 0 N–H and O–H groups in total. The van der Waals surface area contributed by atoms with Crippen LogP contribution in [0.15, 0.2) is 48.0 Å². The van der Waals surface area contributed by atoms with E-state index in [1.165, 1.54) is 6.92 Å². The Labute approximate surface area is 142 Å². The number of ether oxygens (including phenoxy) is 2. The Hall–Kier alpha value is -2.43. The van der Waals surface area contributed by atoms with E-state index < -0.39 is 23.6 Å². The molecule has 2 atom stereocenters. The fraction of sp³-hybridized carbons (Fsp3) is 0.421. The predicted molar refractivity (Wildman–Crippen MR) is 91.6 cm³/mol. The van der Waals surface area contributed by atoms with E-state index in [0.717, 1.165) is 0 Å². The van der Waals surface area contributed by atoms with Gasteiger partial charge in [0.25, 0.3) is 5.91 Å². The Bertz CT molecular complexity index is 651. The van der Waals surface area contributed by atoms with Gasteiger partial charge in [0.1, 0.15) is 0 Å². The molecule has 5 heteroatoms. The summed E-state index contributed by atoms with van der Waals surface area (Å²) >= 11 is 0. The van der Waals surface area contributed by atoms with Gasteiger partial charge >= 0.3 is 5.97 Å². The van der Waals surface area contributed by atoms with E-state index in [2.05, 4.69) is 11.6 Å². The molecule has 128 valence electrons. The Morgan fingerprint density at radius 2 is 2.04 bits per heavy atom. The third-order valence-electron chi connectivity index (χ3n) is 3.83. The number of aliphatic imine (C=N–C) groups is 1. The van der Waals surface area contributed by atoms with E-state index >= 15 is 0 Å². The quantitative estimate of drug-likeness (QED) is 0.569. The van der Waals surface area contributed by atoms with E-state index in [9.17, 15) is 9.59 Å². The molecule has 0 unspecified atom stereocenters. The molecule has 0 saturated heterocycles. The van der Waals surface area contributed by atoms with Crippen molar-refractivity contribution >= 4 is 17.8 Å². The van der Waals surface area contributed by atoms with Crippen LogP contribution in [0.25, 0.3) is 0 Å². The number of benzene rings is 1. The minimum Gasteiger partial charge on any atom is -0.458 e. The molecule has 0 radical (unpaired) electrons. The second-order valence-corrected chi connectivity index (χ2v) is 6.30. The number of carbonyl (C=O) groups excluding carboxylic acids is 2. The smallest absolute Gasteiger partial charge is 0.303 e. The highest BCUT2D eigenvalue weighted by Crippen LogP contribution is 2.35. The third-order valence-corrected chi connectivity index (χ3v) is 3.83. The summed E-state index contributed by atoms with van der Waals surface area (Å²) in [6, 6.07) is 9.20. The lowest BCUT2D eigenvalue weighted by atomic mass is 9.86. The van der Waals surface area contributed by atoms with Crippen LogP contribution in [0.2, 0.25) is 0 Å². The molecule has 0 aliphatic carbocycles. The number of rotatable bonds is 7. The zero-order chi connectivity index (χ0) is 17.7. The van der Waals surface area contributed by atoms with Crippen LogP contribution in [-0.4, -0.2) is 29.5 Å². The second-order valence-electron chi connectivity index (χ2n) is 6.30. The van der Waals surface area contributed by atoms with Crippen LogP contribution in [0, 0.1) is 5.92 Å². The number of nitrogens with zero attached hydrogens (tertiary/aromatic N) is 1. The maximum Gasteiger partial charge on any atom is 0.303 e. The topological polar surface area (TPSA) is 65.0 Å². The van der Waals surface area contributed by atoms with Gasteiger partial charge in [-0.3, -0.25) is 9.59 Å². The molecule has 1 aromatic carbocycles. The van der Waals surface area contributed by atoms with Crippen molar-refractivity contribution in [3.63, 3.8) is 0 Å². The Balaban J connectivity index is 2.38. The summed E-state index contributed by atoms with van der Waals surface area (Å²) in [5, 5.41) is 0. The number of carbonyl (C=O) groups is 2. The highest BCUT2D eigenvalue weighted by molar-refractivity contribution is 6.09. The zero-order valence-corrected chi connectivity index (χ0v) is 14.3. The Morgan fingerprint density at radius 1 is 1.38 bits per heavy atom. The van der Waals surface area contributed by atoms with Gasteiger partial charge in [-0.1, -0.05) is 38.1 Å². The lowest BCUT2D eigenvalue weighted by Crippen LogP contribution is -2.51. The van der Waals surface area contributed by atoms with Crippen molar-refractivity contribution in [1.29, 1.82) is 0 Å². The standard InChI is InChI=1S/C19H23NO4/c1-5-11-19(16(12-13(2)3)23-14(4)21)18(22)20-17(24-19)15-9-7-6-8-10-15/h5-10,13,16H,1,11-12H2,2-4H3/t16-,19-/m0/s1. The van der Waals surface area contributed by atoms with Crippen LogP contribution in [0.1, 0.15) is 39.2 Å². The molecule has 2 rings (SSSR count). The van der Waals surface area contributed by atoms with Crippen molar-refractivity contribution in [3.05, 3.63) is 48.6 Å². The summed E-state index contributed by atoms with van der Waals surface area (Å²) in [6.07, 6.45) is 1.59. The molecule has 0 aromatic heterocycles. The molecular weight excluding hydrogens is 306 g/mol. The van der Waals surface area contributed by atoms with Gasteiger partial charge in [0.05, 0.1) is 0 Å². The summed E-state index contributed by atoms with van der Waals surface area (Å²) in [5.41, 5.74) is -0.633. The molecule has 1 amide bonds. The molecule has 1 aliphatic heterocycles.